The van der Waals surface area contributed by atoms with Crippen LogP contribution < -0.4 is 16.2 Å². The lowest BCUT2D eigenvalue weighted by Gasteiger charge is -2.08. The summed E-state index contributed by atoms with van der Waals surface area (Å²) in [7, 11) is 1.51. The van der Waals surface area contributed by atoms with Crippen LogP contribution in [0.25, 0.3) is 11.3 Å². The topological polar surface area (TPSA) is 91.8 Å². The molecular weight excluding hydrogens is 244 g/mol. The summed E-state index contributed by atoms with van der Waals surface area (Å²) in [5, 5.41) is 10.4. The number of anilines is 1. The van der Waals surface area contributed by atoms with Crippen LogP contribution >= 0.6 is 0 Å². The van der Waals surface area contributed by atoms with Crippen molar-refractivity contribution in [2.75, 3.05) is 12.5 Å². The van der Waals surface area contributed by atoms with Crippen LogP contribution in [0.15, 0.2) is 30.3 Å². The zero-order chi connectivity index (χ0) is 13.7. The third-order valence-electron chi connectivity index (χ3n) is 2.42. The van der Waals surface area contributed by atoms with Gasteiger partial charge in [-0.2, -0.15) is 0 Å². The Labute approximate surface area is 110 Å². The Morgan fingerprint density at radius 1 is 1.16 bits per heavy atom. The number of hydrazine groups is 1. The Morgan fingerprint density at radius 2 is 1.89 bits per heavy atom. The van der Waals surface area contributed by atoms with Crippen LogP contribution in [0.4, 0.5) is 10.7 Å². The van der Waals surface area contributed by atoms with Gasteiger partial charge in [0.25, 0.3) is 5.95 Å². The number of nitrogens with zero attached hydrogens (tertiary/aromatic N) is 3. The molecule has 0 spiro atoms. The van der Waals surface area contributed by atoms with Gasteiger partial charge in [0, 0.05) is 12.6 Å². The first-order valence-corrected chi connectivity index (χ1v) is 5.71. The number of rotatable bonds is 3. The monoisotopic (exact) mass is 258 g/mol. The first-order chi connectivity index (χ1) is 9.20. The summed E-state index contributed by atoms with van der Waals surface area (Å²) in [4.78, 5) is 15.2. The van der Waals surface area contributed by atoms with Crippen molar-refractivity contribution in [1.29, 1.82) is 0 Å². The van der Waals surface area contributed by atoms with Crippen molar-refractivity contribution in [2.24, 2.45) is 0 Å². The van der Waals surface area contributed by atoms with Crippen molar-refractivity contribution >= 4 is 12.0 Å². The minimum Gasteiger partial charge on any atom is -0.340 e. The maximum absolute atomic E-state index is 11.0. The Kier molecular flexibility index (Phi) is 3.87. The first kappa shape index (κ1) is 12.7. The average molecular weight is 258 g/mol. The van der Waals surface area contributed by atoms with Crippen molar-refractivity contribution in [3.63, 3.8) is 0 Å². The number of urea groups is 1. The van der Waals surface area contributed by atoms with Crippen LogP contribution in [0.3, 0.4) is 0 Å². The van der Waals surface area contributed by atoms with Crippen molar-refractivity contribution in [3.8, 4) is 11.3 Å². The number of hydrogen-bond donors (Lipinski definition) is 3. The molecule has 98 valence electrons. The summed E-state index contributed by atoms with van der Waals surface area (Å²) < 4.78 is 0. The molecule has 0 saturated carbocycles. The van der Waals surface area contributed by atoms with Gasteiger partial charge in [-0.05, 0) is 6.92 Å². The molecule has 0 saturated heterocycles. The lowest BCUT2D eigenvalue weighted by molar-refractivity contribution is 0.244. The summed E-state index contributed by atoms with van der Waals surface area (Å²) in [6.07, 6.45) is 0. The third-order valence-corrected chi connectivity index (χ3v) is 2.42. The fraction of sp³-hybridized carbons (Fsp3) is 0.167. The van der Waals surface area contributed by atoms with Crippen LogP contribution in [0.1, 0.15) is 5.69 Å². The highest BCUT2D eigenvalue weighted by Crippen LogP contribution is 2.18. The standard InChI is InChI=1S/C12H14N6O/c1-8-10(9-6-4-3-5-7-9)15-16-11(14-8)17-18-12(19)13-2/h3-7H,1-2H3,(H2,13,18,19)(H,14,16,17). The van der Waals surface area contributed by atoms with Crippen LogP contribution in [-0.4, -0.2) is 28.3 Å². The maximum Gasteiger partial charge on any atom is 0.333 e. The van der Waals surface area contributed by atoms with Crippen molar-refractivity contribution in [2.45, 2.75) is 6.92 Å². The van der Waals surface area contributed by atoms with E-state index < -0.39 is 0 Å². The molecule has 0 aliphatic rings. The van der Waals surface area contributed by atoms with Gasteiger partial charge >= 0.3 is 6.03 Å². The van der Waals surface area contributed by atoms with Gasteiger partial charge in [0.1, 0.15) is 5.69 Å². The molecule has 0 aliphatic heterocycles. The molecule has 1 aromatic heterocycles. The Morgan fingerprint density at radius 3 is 2.53 bits per heavy atom. The highest BCUT2D eigenvalue weighted by molar-refractivity contribution is 5.74. The van der Waals surface area contributed by atoms with E-state index in [9.17, 15) is 4.79 Å². The molecular formula is C12H14N6O. The first-order valence-electron chi connectivity index (χ1n) is 5.71. The van der Waals surface area contributed by atoms with E-state index in [0.717, 1.165) is 11.3 Å². The second-order valence-corrected chi connectivity index (χ2v) is 3.76. The number of benzene rings is 1. The Hall–Kier alpha value is -2.70. The van der Waals surface area contributed by atoms with E-state index >= 15 is 0 Å². The smallest absolute Gasteiger partial charge is 0.333 e. The molecule has 7 heteroatoms. The fourth-order valence-electron chi connectivity index (χ4n) is 1.49. The van der Waals surface area contributed by atoms with Crippen molar-refractivity contribution in [3.05, 3.63) is 36.0 Å². The molecule has 3 N–H and O–H groups in total. The van der Waals surface area contributed by atoms with E-state index in [1.165, 1.54) is 7.05 Å². The fourth-order valence-corrected chi connectivity index (χ4v) is 1.49. The maximum atomic E-state index is 11.0. The number of amides is 2. The van der Waals surface area contributed by atoms with E-state index in [2.05, 4.69) is 31.3 Å². The molecule has 1 aromatic carbocycles. The van der Waals surface area contributed by atoms with Gasteiger partial charge in [-0.3, -0.25) is 5.43 Å². The van der Waals surface area contributed by atoms with Crippen molar-refractivity contribution in [1.82, 2.24) is 25.9 Å². The normalized spacial score (nSPS) is 9.79. The number of carbonyl (C=O) groups excluding carboxylic acids is 1. The van der Waals surface area contributed by atoms with Gasteiger partial charge in [0.05, 0.1) is 5.69 Å². The molecule has 7 nitrogen and oxygen atoms in total. The zero-order valence-electron chi connectivity index (χ0n) is 10.6. The van der Waals surface area contributed by atoms with Gasteiger partial charge in [0.2, 0.25) is 0 Å². The summed E-state index contributed by atoms with van der Waals surface area (Å²) in [5.41, 5.74) is 7.33. The zero-order valence-corrected chi connectivity index (χ0v) is 10.6. The molecule has 0 aliphatic carbocycles. The quantitative estimate of drug-likeness (QED) is 0.717. The Balaban J connectivity index is 2.16. The van der Waals surface area contributed by atoms with E-state index in [1.807, 2.05) is 37.3 Å². The lowest BCUT2D eigenvalue weighted by Crippen LogP contribution is -2.37. The minimum atomic E-state index is -0.381. The molecule has 0 fully saturated rings. The average Bonchev–Trinajstić information content (AvgIpc) is 2.45. The molecule has 2 rings (SSSR count). The molecule has 0 radical (unpaired) electrons. The van der Waals surface area contributed by atoms with Gasteiger partial charge in [-0.15, -0.1) is 10.2 Å². The summed E-state index contributed by atoms with van der Waals surface area (Å²) in [6, 6.07) is 9.28. The predicted octanol–water partition coefficient (Wildman–Crippen LogP) is 1.10. The summed E-state index contributed by atoms with van der Waals surface area (Å²) in [6.45, 7) is 1.84. The molecule has 2 amide bonds. The van der Waals surface area contributed by atoms with E-state index in [-0.39, 0.29) is 12.0 Å². The van der Waals surface area contributed by atoms with Crippen molar-refractivity contribution < 1.29 is 4.79 Å². The number of aromatic nitrogens is 3. The molecule has 2 aromatic rings. The van der Waals surface area contributed by atoms with Crippen LogP contribution in [0.2, 0.25) is 0 Å². The minimum absolute atomic E-state index is 0.237. The van der Waals surface area contributed by atoms with E-state index in [0.29, 0.717) is 5.69 Å². The van der Waals surface area contributed by atoms with Gasteiger partial charge in [-0.25, -0.2) is 15.2 Å². The largest absolute Gasteiger partial charge is 0.340 e. The lowest BCUT2D eigenvalue weighted by atomic mass is 10.1. The number of carbonyl (C=O) groups is 1. The van der Waals surface area contributed by atoms with Gasteiger partial charge < -0.3 is 5.32 Å². The van der Waals surface area contributed by atoms with Crippen LogP contribution in [0.5, 0.6) is 0 Å². The van der Waals surface area contributed by atoms with Gasteiger partial charge in [0.15, 0.2) is 0 Å². The highest BCUT2D eigenvalue weighted by Gasteiger charge is 2.07. The predicted molar refractivity (Wildman–Crippen MR) is 71.2 cm³/mol. The molecule has 1 heterocycles. The van der Waals surface area contributed by atoms with E-state index in [4.69, 9.17) is 0 Å². The Bertz CT molecular complexity index is 572. The van der Waals surface area contributed by atoms with Crippen LogP contribution in [-0.2, 0) is 0 Å². The number of aryl methyl sites for hydroxylation is 1. The SMILES string of the molecule is CNC(=O)NNc1nnc(-c2ccccc2)c(C)n1. The second-order valence-electron chi connectivity index (χ2n) is 3.76. The van der Waals surface area contributed by atoms with Crippen LogP contribution in [0, 0.1) is 6.92 Å². The molecule has 0 bridgehead atoms. The van der Waals surface area contributed by atoms with E-state index in [1.54, 1.807) is 0 Å². The van der Waals surface area contributed by atoms with Gasteiger partial charge in [-0.1, -0.05) is 30.3 Å². The number of hydrogen-bond acceptors (Lipinski definition) is 5. The highest BCUT2D eigenvalue weighted by atomic mass is 16.2. The molecule has 19 heavy (non-hydrogen) atoms. The summed E-state index contributed by atoms with van der Waals surface area (Å²) in [5.74, 6) is 0.237. The third kappa shape index (κ3) is 3.15. The second kappa shape index (κ2) is 5.76. The summed E-state index contributed by atoms with van der Waals surface area (Å²) >= 11 is 0. The number of nitrogens with one attached hydrogen (secondary N) is 3. The molecule has 0 atom stereocenters. The molecule has 0 unspecified atom stereocenters.